The molecule has 0 aliphatic heterocycles. The quantitative estimate of drug-likeness (QED) is 0.170. The fraction of sp³-hybridized carbons (Fsp3) is 0.0667. The van der Waals surface area contributed by atoms with Crippen LogP contribution in [0.25, 0.3) is 0 Å². The van der Waals surface area contributed by atoms with Gasteiger partial charge in [0.25, 0.3) is 0 Å². The highest BCUT2D eigenvalue weighted by molar-refractivity contribution is 7.97. The summed E-state index contributed by atoms with van der Waals surface area (Å²) >= 11 is 0. The minimum atomic E-state index is -3.12. The molecule has 1 N–H and O–H groups in total. The molecule has 0 amide bonds. The van der Waals surface area contributed by atoms with Crippen molar-refractivity contribution in [1.29, 1.82) is 0 Å². The van der Waals surface area contributed by atoms with Gasteiger partial charge in [-0.2, -0.15) is 0 Å². The third-order valence-electron chi connectivity index (χ3n) is 5.85. The van der Waals surface area contributed by atoms with Gasteiger partial charge in [0.15, 0.2) is 0 Å². The zero-order chi connectivity index (χ0) is 25.5. The van der Waals surface area contributed by atoms with E-state index in [9.17, 15) is 19.5 Å². The topological polar surface area (TPSA) is 80.7 Å². The molecule has 0 fully saturated rings. The number of benzene rings is 4. The van der Waals surface area contributed by atoms with Crippen LogP contribution in [-0.4, -0.2) is 34.7 Å². The molecule has 0 radical (unpaired) electrons. The van der Waals surface area contributed by atoms with Crippen molar-refractivity contribution in [3.05, 3.63) is 126 Å². The SMILES string of the molecule is CCOC(=O)C(C(=O)c1ccccc1C(=O)O)=P(c1ccccc1)(c1ccccc1)c1ccccc1. The van der Waals surface area contributed by atoms with E-state index in [1.165, 1.54) is 12.1 Å². The van der Waals surface area contributed by atoms with Gasteiger partial charge in [-0.1, -0.05) is 109 Å². The first-order chi connectivity index (χ1) is 17.5. The molecular weight excluding hydrogens is 471 g/mol. The summed E-state index contributed by atoms with van der Waals surface area (Å²) in [6, 6.07) is 34.2. The number of esters is 1. The van der Waals surface area contributed by atoms with Gasteiger partial charge in [0.1, 0.15) is 5.29 Å². The van der Waals surface area contributed by atoms with Crippen LogP contribution in [0, 0.1) is 0 Å². The van der Waals surface area contributed by atoms with Crippen LogP contribution < -0.4 is 15.9 Å². The lowest BCUT2D eigenvalue weighted by atomic mass is 10.0. The molecule has 0 bridgehead atoms. The molecule has 180 valence electrons. The Balaban J connectivity index is 2.28. The maximum atomic E-state index is 14.4. The van der Waals surface area contributed by atoms with Gasteiger partial charge in [-0.05, 0) is 35.8 Å². The van der Waals surface area contributed by atoms with Gasteiger partial charge in [0, 0.05) is 5.56 Å². The molecule has 0 atom stereocenters. The lowest BCUT2D eigenvalue weighted by Gasteiger charge is -2.31. The number of carboxylic acids is 1. The summed E-state index contributed by atoms with van der Waals surface area (Å²) in [6.45, 7) is -1.38. The average Bonchev–Trinajstić information content (AvgIpc) is 2.93. The Kier molecular flexibility index (Phi) is 7.62. The van der Waals surface area contributed by atoms with E-state index in [2.05, 4.69) is 0 Å². The molecule has 0 aliphatic carbocycles. The first-order valence-electron chi connectivity index (χ1n) is 11.5. The average molecular weight is 496 g/mol. The van der Waals surface area contributed by atoms with E-state index >= 15 is 0 Å². The molecule has 0 aromatic heterocycles. The van der Waals surface area contributed by atoms with E-state index in [0.717, 1.165) is 15.9 Å². The number of aromatic carboxylic acids is 1. The summed E-state index contributed by atoms with van der Waals surface area (Å²) < 4.78 is 5.50. The number of rotatable bonds is 8. The third-order valence-corrected chi connectivity index (χ3v) is 10.1. The summed E-state index contributed by atoms with van der Waals surface area (Å²) in [7, 11) is 0. The first-order valence-corrected chi connectivity index (χ1v) is 13.3. The highest BCUT2D eigenvalue weighted by Crippen LogP contribution is 2.47. The molecule has 4 aromatic rings. The van der Waals surface area contributed by atoms with Gasteiger partial charge in [0.2, 0.25) is 5.78 Å². The van der Waals surface area contributed by atoms with Crippen LogP contribution in [0.5, 0.6) is 0 Å². The molecule has 0 spiro atoms. The van der Waals surface area contributed by atoms with Gasteiger partial charge in [-0.3, -0.25) is 4.79 Å². The third kappa shape index (κ3) is 4.53. The van der Waals surface area contributed by atoms with Crippen molar-refractivity contribution < 1.29 is 24.2 Å². The Morgan fingerprint density at radius 1 is 0.639 bits per heavy atom. The molecule has 0 saturated carbocycles. The number of hydrogen-bond donors (Lipinski definition) is 1. The highest BCUT2D eigenvalue weighted by Gasteiger charge is 2.38. The minimum Gasteiger partial charge on any atom is -0.478 e. The zero-order valence-corrected chi connectivity index (χ0v) is 20.6. The second-order valence-electron chi connectivity index (χ2n) is 7.93. The Morgan fingerprint density at radius 2 is 1.03 bits per heavy atom. The minimum absolute atomic E-state index is 0.0554. The molecule has 5 nitrogen and oxygen atoms in total. The number of carboxylic acid groups (broad SMARTS) is 1. The van der Waals surface area contributed by atoms with Crippen LogP contribution in [0.4, 0.5) is 0 Å². The summed E-state index contributed by atoms with van der Waals surface area (Å²) in [5.41, 5.74) is -0.225. The van der Waals surface area contributed by atoms with Crippen molar-refractivity contribution in [3.63, 3.8) is 0 Å². The van der Waals surface area contributed by atoms with E-state index in [1.54, 1.807) is 19.1 Å². The van der Waals surface area contributed by atoms with E-state index in [1.807, 2.05) is 91.0 Å². The number of ether oxygens (including phenoxy) is 1. The van der Waals surface area contributed by atoms with Crippen LogP contribution >= 0.6 is 6.89 Å². The van der Waals surface area contributed by atoms with E-state index in [4.69, 9.17) is 4.74 Å². The van der Waals surface area contributed by atoms with Crippen LogP contribution in [0.3, 0.4) is 0 Å². The number of carbonyl (C=O) groups is 3. The molecule has 6 heteroatoms. The second-order valence-corrected chi connectivity index (χ2v) is 11.3. The summed E-state index contributed by atoms with van der Waals surface area (Å²) in [5.74, 6) is -2.66. The van der Waals surface area contributed by atoms with Crippen LogP contribution in [0.2, 0.25) is 0 Å². The van der Waals surface area contributed by atoms with Gasteiger partial charge >= 0.3 is 11.9 Å². The lowest BCUT2D eigenvalue weighted by Crippen LogP contribution is -2.38. The normalized spacial score (nSPS) is 10.9. The Morgan fingerprint density at radius 3 is 1.42 bits per heavy atom. The van der Waals surface area contributed by atoms with Crippen molar-refractivity contribution in [3.8, 4) is 0 Å². The van der Waals surface area contributed by atoms with Crippen molar-refractivity contribution in [1.82, 2.24) is 0 Å². The van der Waals surface area contributed by atoms with Crippen molar-refractivity contribution in [2.75, 3.05) is 6.61 Å². The Labute approximate surface area is 210 Å². The largest absolute Gasteiger partial charge is 0.478 e. The maximum Gasteiger partial charge on any atom is 0.343 e. The summed E-state index contributed by atoms with van der Waals surface area (Å²) in [6.07, 6.45) is 0. The predicted octanol–water partition coefficient (Wildman–Crippen LogP) is 4.30. The highest BCUT2D eigenvalue weighted by atomic mass is 31.2. The molecule has 36 heavy (non-hydrogen) atoms. The van der Waals surface area contributed by atoms with Crippen LogP contribution in [-0.2, 0) is 9.53 Å². The van der Waals surface area contributed by atoms with Crippen molar-refractivity contribution >= 4 is 45.8 Å². The summed E-state index contributed by atoms with van der Waals surface area (Å²) in [5, 5.41) is 12.1. The molecular formula is C30H25O5P. The number of hydrogen-bond acceptors (Lipinski definition) is 4. The predicted molar refractivity (Wildman–Crippen MR) is 145 cm³/mol. The fourth-order valence-electron chi connectivity index (χ4n) is 4.37. The van der Waals surface area contributed by atoms with Crippen molar-refractivity contribution in [2.45, 2.75) is 6.92 Å². The van der Waals surface area contributed by atoms with Gasteiger partial charge in [-0.25, -0.2) is 9.59 Å². The lowest BCUT2D eigenvalue weighted by molar-refractivity contribution is -0.134. The summed E-state index contributed by atoms with van der Waals surface area (Å²) in [4.78, 5) is 40.2. The molecule has 4 aromatic carbocycles. The Hall–Kier alpha value is -4.21. The van der Waals surface area contributed by atoms with E-state index in [-0.39, 0.29) is 23.0 Å². The molecule has 0 saturated heterocycles. The standard InChI is InChI=1S/C30H25O5P/c1-2-35-30(34)28(27(31)25-20-12-13-21-26(25)29(32)33)36(22-14-6-3-7-15-22,23-16-8-4-9-17-23)24-18-10-5-11-19-24/h3-21H,2H2,1H3,(H,32,33). The van der Waals surface area contributed by atoms with Crippen LogP contribution in [0.15, 0.2) is 115 Å². The number of ketones is 1. The van der Waals surface area contributed by atoms with Crippen molar-refractivity contribution in [2.24, 2.45) is 0 Å². The number of Topliss-reactive ketones (excluding diaryl/α,β-unsaturated/α-hetero) is 1. The van der Waals surface area contributed by atoms with E-state index in [0.29, 0.717) is 0 Å². The second kappa shape index (κ2) is 11.0. The number of carbonyl (C=O) groups excluding carboxylic acids is 2. The first kappa shape index (κ1) is 24.9. The van der Waals surface area contributed by atoms with Crippen LogP contribution in [0.1, 0.15) is 27.6 Å². The smallest absolute Gasteiger partial charge is 0.343 e. The van der Waals surface area contributed by atoms with Gasteiger partial charge in [-0.15, -0.1) is 0 Å². The van der Waals surface area contributed by atoms with Gasteiger partial charge in [0.05, 0.1) is 12.2 Å². The molecule has 0 aliphatic rings. The monoisotopic (exact) mass is 496 g/mol. The Bertz CT molecular complexity index is 1340. The zero-order valence-electron chi connectivity index (χ0n) is 19.7. The molecule has 4 rings (SSSR count). The maximum absolute atomic E-state index is 14.4. The molecule has 0 unspecified atom stereocenters. The fourth-order valence-corrected chi connectivity index (χ4v) is 8.66. The van der Waals surface area contributed by atoms with Gasteiger partial charge < -0.3 is 9.84 Å². The van der Waals surface area contributed by atoms with E-state index < -0.39 is 24.6 Å². The molecule has 0 heterocycles.